The van der Waals surface area contributed by atoms with Gasteiger partial charge in [-0.1, -0.05) is 24.4 Å². The molecular formula is C2H2N2OS2. The number of hydrogen-bond acceptors (Lipinski definition) is 3. The predicted octanol–water partition coefficient (Wildman–Crippen LogP) is 1.39. The zero-order valence-electron chi connectivity index (χ0n) is 3.22. The number of rotatable bonds is 0. The first-order chi connectivity index (χ1) is 3.30. The highest BCUT2D eigenvalue weighted by Crippen LogP contribution is 1.82. The van der Waals surface area contributed by atoms with Crippen LogP contribution >= 0.6 is 24.4 Å². The maximum atomic E-state index is 4.60. The second-order valence-corrected chi connectivity index (χ2v) is 1.78. The van der Waals surface area contributed by atoms with E-state index >= 15 is 0 Å². The standard InChI is InChI=1S/C2H2N2OS2/c6-1-2(7)4-5-3-1/h(H,3,6)(H,4,7). The molecule has 1 rings (SSSR count). The fourth-order valence-corrected chi connectivity index (χ4v) is 0.378. The Hall–Kier alpha value is -0.420. The lowest BCUT2D eigenvalue weighted by Crippen LogP contribution is -1.52. The molecule has 0 saturated carbocycles. The van der Waals surface area contributed by atoms with Crippen LogP contribution in [-0.2, 0) is 0 Å². The van der Waals surface area contributed by atoms with Crippen LogP contribution in [-0.4, -0.2) is 10.3 Å². The van der Waals surface area contributed by atoms with Crippen molar-refractivity contribution < 1.29 is 4.63 Å². The van der Waals surface area contributed by atoms with E-state index in [0.717, 1.165) is 0 Å². The second kappa shape index (κ2) is 1.59. The highest BCUT2D eigenvalue weighted by molar-refractivity contribution is 7.73. The van der Waals surface area contributed by atoms with Gasteiger partial charge in [0.2, 0.25) is 0 Å². The van der Waals surface area contributed by atoms with Crippen molar-refractivity contribution in [1.82, 2.24) is 10.3 Å². The molecule has 7 heavy (non-hydrogen) atoms. The Morgan fingerprint density at radius 2 is 1.57 bits per heavy atom. The Morgan fingerprint density at radius 3 is 1.71 bits per heavy atom. The smallest absolute Gasteiger partial charge is 0.174 e. The third-order valence-electron chi connectivity index (χ3n) is 0.494. The maximum absolute atomic E-state index is 4.60. The molecule has 0 fully saturated rings. The minimum Gasteiger partial charge on any atom is -0.295 e. The van der Waals surface area contributed by atoms with Crippen LogP contribution in [0.15, 0.2) is 4.63 Å². The molecule has 0 amide bonds. The first-order valence-corrected chi connectivity index (χ1v) is 2.38. The first-order valence-electron chi connectivity index (χ1n) is 1.57. The average molecular weight is 134 g/mol. The molecule has 1 heterocycles. The van der Waals surface area contributed by atoms with Crippen molar-refractivity contribution in [2.24, 2.45) is 0 Å². The molecule has 0 aromatic carbocycles. The third kappa shape index (κ3) is 0.779. The summed E-state index contributed by atoms with van der Waals surface area (Å²) in [6, 6.07) is 0. The van der Waals surface area contributed by atoms with Crippen LogP contribution in [0, 0.1) is 9.28 Å². The van der Waals surface area contributed by atoms with Gasteiger partial charge in [0.25, 0.3) is 0 Å². The van der Waals surface area contributed by atoms with E-state index in [1.807, 2.05) is 0 Å². The van der Waals surface area contributed by atoms with Crippen LogP contribution < -0.4 is 0 Å². The molecule has 38 valence electrons. The van der Waals surface area contributed by atoms with Crippen molar-refractivity contribution in [1.29, 1.82) is 0 Å². The molecule has 0 aliphatic carbocycles. The van der Waals surface area contributed by atoms with Crippen LogP contribution in [0.2, 0.25) is 0 Å². The molecular weight excluding hydrogens is 132 g/mol. The number of hydrogen-bond donors (Lipinski definition) is 2. The van der Waals surface area contributed by atoms with Gasteiger partial charge in [-0.25, -0.2) is 0 Å². The van der Waals surface area contributed by atoms with Crippen molar-refractivity contribution >= 4 is 24.4 Å². The Labute approximate surface area is 49.3 Å². The monoisotopic (exact) mass is 134 g/mol. The average Bonchev–Trinajstić information content (AvgIpc) is 1.91. The fourth-order valence-electron chi connectivity index (χ4n) is 0.211. The van der Waals surface area contributed by atoms with Gasteiger partial charge < -0.3 is 0 Å². The van der Waals surface area contributed by atoms with Gasteiger partial charge in [-0.15, -0.1) is 0 Å². The fraction of sp³-hybridized carbons (Fsp3) is 0. The van der Waals surface area contributed by atoms with E-state index in [-0.39, 0.29) is 0 Å². The van der Waals surface area contributed by atoms with E-state index in [1.165, 1.54) is 0 Å². The van der Waals surface area contributed by atoms with Gasteiger partial charge in [0, 0.05) is 0 Å². The number of aromatic amines is 2. The van der Waals surface area contributed by atoms with Crippen molar-refractivity contribution in [2.45, 2.75) is 0 Å². The van der Waals surface area contributed by atoms with Crippen LogP contribution in [0.1, 0.15) is 0 Å². The molecule has 3 nitrogen and oxygen atoms in total. The van der Waals surface area contributed by atoms with Crippen molar-refractivity contribution in [3.8, 4) is 0 Å². The molecule has 0 unspecified atom stereocenters. The highest BCUT2D eigenvalue weighted by Gasteiger charge is 1.78. The van der Waals surface area contributed by atoms with E-state index in [9.17, 15) is 0 Å². The summed E-state index contributed by atoms with van der Waals surface area (Å²) in [5, 5.41) is 4.70. The van der Waals surface area contributed by atoms with Gasteiger partial charge in [-0.3, -0.25) is 4.63 Å². The van der Waals surface area contributed by atoms with Crippen LogP contribution in [0.25, 0.3) is 0 Å². The van der Waals surface area contributed by atoms with E-state index in [4.69, 9.17) is 0 Å². The molecule has 1 aromatic heterocycles. The maximum Gasteiger partial charge on any atom is 0.174 e. The van der Waals surface area contributed by atoms with Gasteiger partial charge in [0.05, 0.1) is 0 Å². The summed E-state index contributed by atoms with van der Waals surface area (Å²) in [7, 11) is 0. The summed E-state index contributed by atoms with van der Waals surface area (Å²) in [5.74, 6) is 0. The first kappa shape index (κ1) is 4.73. The Balaban J connectivity index is 3.71. The minimum absolute atomic E-state index is 0.440. The van der Waals surface area contributed by atoms with E-state index in [0.29, 0.717) is 9.28 Å². The lowest BCUT2D eigenvalue weighted by atomic mass is 11.0. The van der Waals surface area contributed by atoms with Crippen molar-refractivity contribution in [2.75, 3.05) is 0 Å². The molecule has 0 aliphatic rings. The zero-order valence-corrected chi connectivity index (χ0v) is 4.86. The molecule has 0 bridgehead atoms. The van der Waals surface area contributed by atoms with Crippen molar-refractivity contribution in [3.63, 3.8) is 0 Å². The van der Waals surface area contributed by atoms with Crippen LogP contribution in [0.5, 0.6) is 0 Å². The summed E-state index contributed by atoms with van der Waals surface area (Å²) in [5.41, 5.74) is 0. The minimum atomic E-state index is 0.440. The van der Waals surface area contributed by atoms with E-state index < -0.39 is 0 Å². The molecule has 2 N–H and O–H groups in total. The molecule has 0 aliphatic heterocycles. The lowest BCUT2D eigenvalue weighted by molar-refractivity contribution is 0.304. The molecule has 0 radical (unpaired) electrons. The Kier molecular flexibility index (Phi) is 1.07. The second-order valence-electron chi connectivity index (χ2n) is 0.964. The molecule has 0 atom stereocenters. The number of aromatic nitrogens is 2. The SMILES string of the molecule is S=c1[nH]o[nH]c1=S. The summed E-state index contributed by atoms with van der Waals surface area (Å²) in [6.45, 7) is 0. The quantitative estimate of drug-likeness (QED) is 0.527. The Bertz CT molecular complexity index is 218. The molecule has 5 heteroatoms. The van der Waals surface area contributed by atoms with Gasteiger partial charge in [0.15, 0.2) is 9.28 Å². The topological polar surface area (TPSA) is 44.7 Å². The molecule has 1 aromatic rings. The molecule has 0 spiro atoms. The lowest BCUT2D eigenvalue weighted by Gasteiger charge is -1.55. The van der Waals surface area contributed by atoms with E-state index in [2.05, 4.69) is 39.4 Å². The number of nitrogens with one attached hydrogen (secondary N) is 2. The molecule has 0 saturated heterocycles. The Morgan fingerprint density at radius 1 is 1.14 bits per heavy atom. The largest absolute Gasteiger partial charge is 0.295 e. The highest BCUT2D eigenvalue weighted by atomic mass is 32.1. The van der Waals surface area contributed by atoms with Gasteiger partial charge >= 0.3 is 0 Å². The van der Waals surface area contributed by atoms with Gasteiger partial charge in [-0.05, 0) is 0 Å². The van der Waals surface area contributed by atoms with E-state index in [1.54, 1.807) is 0 Å². The summed E-state index contributed by atoms with van der Waals surface area (Å²) in [6.07, 6.45) is 0. The normalized spacial score (nSPS) is 9.14. The van der Waals surface area contributed by atoms with Gasteiger partial charge in [0.1, 0.15) is 0 Å². The summed E-state index contributed by atoms with van der Waals surface area (Å²) >= 11 is 9.20. The van der Waals surface area contributed by atoms with Gasteiger partial charge in [-0.2, -0.15) is 10.3 Å². The van der Waals surface area contributed by atoms with Crippen LogP contribution in [0.4, 0.5) is 0 Å². The summed E-state index contributed by atoms with van der Waals surface area (Å²) in [4.78, 5) is 0. The van der Waals surface area contributed by atoms with Crippen molar-refractivity contribution in [3.05, 3.63) is 9.28 Å². The predicted molar refractivity (Wildman–Crippen MR) is 29.1 cm³/mol. The number of H-pyrrole nitrogens is 2. The third-order valence-corrected chi connectivity index (χ3v) is 1.20. The zero-order chi connectivity index (χ0) is 5.28. The summed E-state index contributed by atoms with van der Waals surface area (Å²) < 4.78 is 5.27. The van der Waals surface area contributed by atoms with Crippen LogP contribution in [0.3, 0.4) is 0 Å².